The smallest absolute Gasteiger partial charge is 0.183 e. The van der Waals surface area contributed by atoms with Crippen LogP contribution in [-0.4, -0.2) is 45.7 Å². The largest absolute Gasteiger partial charge is 0.309 e. The molecule has 0 aromatic heterocycles. The lowest BCUT2D eigenvalue weighted by atomic mass is 10.2. The Labute approximate surface area is 132 Å². The third-order valence-corrected chi connectivity index (χ3v) is 8.55. The summed E-state index contributed by atoms with van der Waals surface area (Å²) in [5.41, 5.74) is 1.06. The van der Waals surface area contributed by atoms with E-state index in [2.05, 4.69) is 5.32 Å². The van der Waals surface area contributed by atoms with E-state index in [0.29, 0.717) is 0 Å². The maximum atomic E-state index is 12.8. The first-order chi connectivity index (χ1) is 10.3. The van der Waals surface area contributed by atoms with Crippen LogP contribution in [0.2, 0.25) is 0 Å². The molecule has 1 aliphatic heterocycles. The van der Waals surface area contributed by atoms with E-state index >= 15 is 0 Å². The summed E-state index contributed by atoms with van der Waals surface area (Å²) in [4.78, 5) is 0.217. The quantitative estimate of drug-likeness (QED) is 0.861. The van der Waals surface area contributed by atoms with Gasteiger partial charge < -0.3 is 5.32 Å². The van der Waals surface area contributed by atoms with Gasteiger partial charge in [-0.2, -0.15) is 0 Å². The number of sulfone groups is 2. The van der Waals surface area contributed by atoms with Crippen molar-refractivity contribution in [1.29, 1.82) is 0 Å². The second-order valence-corrected chi connectivity index (χ2v) is 10.5. The van der Waals surface area contributed by atoms with E-state index in [-0.39, 0.29) is 22.4 Å². The molecule has 5 nitrogen and oxygen atoms in total. The van der Waals surface area contributed by atoms with E-state index in [1.165, 1.54) is 0 Å². The van der Waals surface area contributed by atoms with Gasteiger partial charge in [0.25, 0.3) is 0 Å². The summed E-state index contributed by atoms with van der Waals surface area (Å²) in [7, 11) is -6.95. The Morgan fingerprint density at radius 2 is 1.77 bits per heavy atom. The highest BCUT2D eigenvalue weighted by Crippen LogP contribution is 2.29. The molecular formula is C15H21NO4S2. The second kappa shape index (κ2) is 5.62. The van der Waals surface area contributed by atoms with Gasteiger partial charge in [0.1, 0.15) is 0 Å². The molecule has 1 saturated carbocycles. The SMILES string of the molecule is CCc1ccc(S(=O)(=O)[C@@H]2CS(=O)(=O)C[C@@H]2NC2CC2)cc1. The number of hydrogen-bond acceptors (Lipinski definition) is 5. The van der Waals surface area contributed by atoms with Crippen LogP contribution in [0, 0.1) is 0 Å². The molecule has 2 atom stereocenters. The van der Waals surface area contributed by atoms with Crippen LogP contribution in [0.1, 0.15) is 25.3 Å². The van der Waals surface area contributed by atoms with Gasteiger partial charge in [0.05, 0.1) is 21.7 Å². The number of rotatable bonds is 5. The van der Waals surface area contributed by atoms with Gasteiger partial charge in [0, 0.05) is 12.1 Å². The Morgan fingerprint density at radius 3 is 2.32 bits per heavy atom. The van der Waals surface area contributed by atoms with Gasteiger partial charge in [-0.25, -0.2) is 16.8 Å². The van der Waals surface area contributed by atoms with Crippen molar-refractivity contribution in [3.8, 4) is 0 Å². The lowest BCUT2D eigenvalue weighted by molar-refractivity contribution is 0.524. The minimum atomic E-state index is -3.64. The number of hydrogen-bond donors (Lipinski definition) is 1. The van der Waals surface area contributed by atoms with Crippen LogP contribution in [0.4, 0.5) is 0 Å². The van der Waals surface area contributed by atoms with Crippen LogP contribution in [0.15, 0.2) is 29.2 Å². The molecule has 2 aliphatic rings. The Bertz CT molecular complexity index is 749. The maximum absolute atomic E-state index is 12.8. The molecule has 1 aromatic rings. The summed E-state index contributed by atoms with van der Waals surface area (Å²) < 4.78 is 49.5. The molecule has 0 spiro atoms. The van der Waals surface area contributed by atoms with Crippen molar-refractivity contribution in [2.24, 2.45) is 0 Å². The minimum Gasteiger partial charge on any atom is -0.309 e. The van der Waals surface area contributed by atoms with E-state index in [1.54, 1.807) is 24.3 Å². The summed E-state index contributed by atoms with van der Waals surface area (Å²) >= 11 is 0. The Morgan fingerprint density at radius 1 is 1.14 bits per heavy atom. The molecule has 7 heteroatoms. The van der Waals surface area contributed by atoms with Gasteiger partial charge in [-0.15, -0.1) is 0 Å². The fourth-order valence-electron chi connectivity index (χ4n) is 2.92. The zero-order valence-electron chi connectivity index (χ0n) is 12.5. The van der Waals surface area contributed by atoms with Crippen LogP contribution in [0.5, 0.6) is 0 Å². The summed E-state index contributed by atoms with van der Waals surface area (Å²) in [6, 6.07) is 6.55. The molecule has 3 rings (SSSR count). The lowest BCUT2D eigenvalue weighted by Gasteiger charge is -2.20. The Kier molecular flexibility index (Phi) is 4.07. The average Bonchev–Trinajstić information content (AvgIpc) is 3.22. The number of benzene rings is 1. The van der Waals surface area contributed by atoms with Crippen molar-refractivity contribution in [2.45, 2.75) is 48.4 Å². The monoisotopic (exact) mass is 343 g/mol. The number of nitrogens with one attached hydrogen (secondary N) is 1. The fourth-order valence-corrected chi connectivity index (χ4v) is 7.60. The van der Waals surface area contributed by atoms with Crippen LogP contribution >= 0.6 is 0 Å². The molecule has 22 heavy (non-hydrogen) atoms. The highest BCUT2D eigenvalue weighted by Gasteiger charge is 2.47. The molecule has 1 aliphatic carbocycles. The predicted octanol–water partition coefficient (Wildman–Crippen LogP) is 0.940. The third-order valence-electron chi connectivity index (χ3n) is 4.39. The number of aryl methyl sites for hydroxylation is 1. The molecule has 2 fully saturated rings. The summed E-state index contributed by atoms with van der Waals surface area (Å²) in [6.45, 7) is 2.00. The van der Waals surface area contributed by atoms with E-state index < -0.39 is 31.0 Å². The molecule has 0 amide bonds. The van der Waals surface area contributed by atoms with Crippen molar-refractivity contribution in [2.75, 3.05) is 11.5 Å². The van der Waals surface area contributed by atoms with Crippen LogP contribution in [-0.2, 0) is 26.1 Å². The standard InChI is InChI=1S/C15H21NO4S2/c1-2-11-3-7-13(8-4-11)22(19,20)15-10-21(17,18)9-14(15)16-12-5-6-12/h3-4,7-8,12,14-16H,2,5-6,9-10H2,1H3/t14-,15+/m0/s1. The highest BCUT2D eigenvalue weighted by molar-refractivity contribution is 7.96. The minimum absolute atomic E-state index is 0.0829. The van der Waals surface area contributed by atoms with Crippen LogP contribution in [0.25, 0.3) is 0 Å². The molecule has 0 radical (unpaired) electrons. The molecule has 0 unspecified atom stereocenters. The van der Waals surface area contributed by atoms with Gasteiger partial charge in [-0.05, 0) is 37.0 Å². The molecule has 1 heterocycles. The molecule has 1 aromatic carbocycles. The van der Waals surface area contributed by atoms with Gasteiger partial charge in [0.15, 0.2) is 19.7 Å². The summed E-state index contributed by atoms with van der Waals surface area (Å²) in [5.74, 6) is -0.365. The van der Waals surface area contributed by atoms with E-state index in [1.807, 2.05) is 6.92 Å². The topological polar surface area (TPSA) is 80.3 Å². The van der Waals surface area contributed by atoms with Crippen molar-refractivity contribution < 1.29 is 16.8 Å². The third kappa shape index (κ3) is 3.21. The van der Waals surface area contributed by atoms with Crippen molar-refractivity contribution in [1.82, 2.24) is 5.32 Å². The van der Waals surface area contributed by atoms with Crippen molar-refractivity contribution in [3.05, 3.63) is 29.8 Å². The van der Waals surface area contributed by atoms with Crippen LogP contribution < -0.4 is 5.32 Å². The van der Waals surface area contributed by atoms with E-state index in [4.69, 9.17) is 0 Å². The summed E-state index contributed by atoms with van der Waals surface area (Å²) in [5, 5.41) is 2.31. The normalized spacial score (nSPS) is 27.9. The highest BCUT2D eigenvalue weighted by atomic mass is 32.2. The van der Waals surface area contributed by atoms with Gasteiger partial charge in [-0.3, -0.25) is 0 Å². The molecule has 1 N–H and O–H groups in total. The fraction of sp³-hybridized carbons (Fsp3) is 0.600. The molecule has 1 saturated heterocycles. The van der Waals surface area contributed by atoms with Crippen LogP contribution in [0.3, 0.4) is 0 Å². The first-order valence-electron chi connectivity index (χ1n) is 7.61. The first-order valence-corrected chi connectivity index (χ1v) is 11.0. The summed E-state index contributed by atoms with van der Waals surface area (Å²) in [6.07, 6.45) is 2.83. The Balaban J connectivity index is 1.90. The zero-order chi connectivity index (χ0) is 16.0. The lowest BCUT2D eigenvalue weighted by Crippen LogP contribution is -2.44. The molecule has 0 bridgehead atoms. The van der Waals surface area contributed by atoms with Gasteiger partial charge in [-0.1, -0.05) is 19.1 Å². The second-order valence-electron chi connectivity index (χ2n) is 6.21. The molecular weight excluding hydrogens is 322 g/mol. The Hall–Kier alpha value is -0.920. The van der Waals surface area contributed by atoms with Crippen molar-refractivity contribution >= 4 is 19.7 Å². The molecule has 122 valence electrons. The van der Waals surface area contributed by atoms with Gasteiger partial charge in [0.2, 0.25) is 0 Å². The maximum Gasteiger partial charge on any atom is 0.183 e. The van der Waals surface area contributed by atoms with E-state index in [9.17, 15) is 16.8 Å². The first kappa shape index (κ1) is 16.0. The van der Waals surface area contributed by atoms with Crippen molar-refractivity contribution in [3.63, 3.8) is 0 Å². The average molecular weight is 343 g/mol. The van der Waals surface area contributed by atoms with Gasteiger partial charge >= 0.3 is 0 Å². The predicted molar refractivity (Wildman–Crippen MR) is 85.4 cm³/mol. The zero-order valence-corrected chi connectivity index (χ0v) is 14.2. The van der Waals surface area contributed by atoms with E-state index in [0.717, 1.165) is 24.8 Å².